The van der Waals surface area contributed by atoms with E-state index in [4.69, 9.17) is 9.47 Å². The maximum Gasteiger partial charge on any atom is 0.328 e. The van der Waals surface area contributed by atoms with Gasteiger partial charge in [0, 0.05) is 19.1 Å². The molecule has 1 unspecified atom stereocenters. The summed E-state index contributed by atoms with van der Waals surface area (Å²) in [4.78, 5) is 56.2. The highest BCUT2D eigenvalue weighted by Gasteiger charge is 2.49. The number of esters is 1. The number of piperidine rings is 1. The third-order valence-electron chi connectivity index (χ3n) is 9.16. The monoisotopic (exact) mass is 639 g/mol. The maximum atomic E-state index is 14.4. The summed E-state index contributed by atoms with van der Waals surface area (Å²) >= 11 is 0. The van der Waals surface area contributed by atoms with Crippen molar-refractivity contribution >= 4 is 23.7 Å². The van der Waals surface area contributed by atoms with Gasteiger partial charge in [0.25, 0.3) is 5.91 Å². The molecule has 9 heteroatoms. The first-order chi connectivity index (χ1) is 22.4. The fourth-order valence-electron chi connectivity index (χ4n) is 6.82. The van der Waals surface area contributed by atoms with Crippen molar-refractivity contribution in [1.29, 1.82) is 0 Å². The molecule has 2 N–H and O–H groups in total. The van der Waals surface area contributed by atoms with Crippen molar-refractivity contribution in [2.45, 2.75) is 82.4 Å². The zero-order valence-electron chi connectivity index (χ0n) is 27.9. The molecule has 0 radical (unpaired) electrons. The highest BCUT2D eigenvalue weighted by Crippen LogP contribution is 2.48. The van der Waals surface area contributed by atoms with Crippen LogP contribution in [0.5, 0.6) is 5.75 Å². The number of methoxy groups -OCH3 is 1. The number of carbonyl (C=O) groups excluding carboxylic acids is 4. The Morgan fingerprint density at radius 3 is 2.19 bits per heavy atom. The Labute approximate surface area is 277 Å². The molecule has 248 valence electrons. The third kappa shape index (κ3) is 7.19. The van der Waals surface area contributed by atoms with Crippen LogP contribution in [0.1, 0.15) is 86.3 Å². The number of amides is 3. The maximum absolute atomic E-state index is 14.4. The van der Waals surface area contributed by atoms with Crippen LogP contribution in [0.4, 0.5) is 0 Å². The molecule has 2 aliphatic rings. The summed E-state index contributed by atoms with van der Waals surface area (Å²) in [6.45, 7) is 8.05. The summed E-state index contributed by atoms with van der Waals surface area (Å²) in [6.07, 6.45) is 2.13. The van der Waals surface area contributed by atoms with Crippen LogP contribution < -0.4 is 15.4 Å². The number of ether oxygens (including phenoxy) is 2. The summed E-state index contributed by atoms with van der Waals surface area (Å²) in [5.41, 5.74) is 1.09. The number of hydrogen-bond donors (Lipinski definition) is 2. The molecule has 0 aromatic heterocycles. The first-order valence-electron chi connectivity index (χ1n) is 16.4. The van der Waals surface area contributed by atoms with E-state index >= 15 is 0 Å². The minimum Gasteiger partial charge on any atom is -0.496 e. The third-order valence-corrected chi connectivity index (χ3v) is 9.16. The molecule has 3 aromatic rings. The Morgan fingerprint density at radius 2 is 1.51 bits per heavy atom. The molecule has 3 amide bonds. The van der Waals surface area contributed by atoms with Crippen LogP contribution in [0.3, 0.4) is 0 Å². The molecule has 1 saturated heterocycles. The number of para-hydroxylation sites is 1. The van der Waals surface area contributed by atoms with E-state index in [0.717, 1.165) is 16.7 Å². The van der Waals surface area contributed by atoms with E-state index in [2.05, 4.69) is 10.6 Å². The highest BCUT2D eigenvalue weighted by molar-refractivity contribution is 5.98. The van der Waals surface area contributed by atoms with E-state index in [-0.39, 0.29) is 23.8 Å². The predicted molar refractivity (Wildman–Crippen MR) is 179 cm³/mol. The second-order valence-corrected chi connectivity index (χ2v) is 13.5. The van der Waals surface area contributed by atoms with Crippen molar-refractivity contribution in [3.63, 3.8) is 0 Å². The Morgan fingerprint density at radius 1 is 0.872 bits per heavy atom. The number of likely N-dealkylation sites (tertiary alicyclic amines) is 1. The van der Waals surface area contributed by atoms with Crippen LogP contribution in [-0.2, 0) is 24.5 Å². The van der Waals surface area contributed by atoms with Gasteiger partial charge in [-0.25, -0.2) is 4.79 Å². The van der Waals surface area contributed by atoms with Crippen LogP contribution in [0, 0.1) is 0 Å². The van der Waals surface area contributed by atoms with Crippen molar-refractivity contribution in [3.8, 4) is 5.75 Å². The molecule has 3 atom stereocenters. The average molecular weight is 640 g/mol. The van der Waals surface area contributed by atoms with Gasteiger partial charge in [-0.15, -0.1) is 0 Å². The molecule has 1 heterocycles. The van der Waals surface area contributed by atoms with Gasteiger partial charge in [0.2, 0.25) is 11.8 Å². The molecule has 0 bridgehead atoms. The largest absolute Gasteiger partial charge is 0.496 e. The zero-order valence-corrected chi connectivity index (χ0v) is 27.9. The lowest BCUT2D eigenvalue weighted by molar-refractivity contribution is -0.158. The van der Waals surface area contributed by atoms with Gasteiger partial charge in [0.15, 0.2) is 0 Å². The summed E-state index contributed by atoms with van der Waals surface area (Å²) in [6, 6.07) is 23.4. The molecule has 1 aliphatic carbocycles. The van der Waals surface area contributed by atoms with E-state index < -0.39 is 28.9 Å². The van der Waals surface area contributed by atoms with E-state index in [1.807, 2.05) is 65.6 Å². The average Bonchev–Trinajstić information content (AvgIpc) is 3.07. The molecular formula is C38H45N3O6. The number of hydrogen-bond acceptors (Lipinski definition) is 6. The number of benzene rings is 3. The Kier molecular flexibility index (Phi) is 10.0. The minimum atomic E-state index is -1.10. The Bertz CT molecular complexity index is 1610. The smallest absolute Gasteiger partial charge is 0.328 e. The van der Waals surface area contributed by atoms with Crippen molar-refractivity contribution in [3.05, 3.63) is 101 Å². The molecule has 3 aromatic carbocycles. The highest BCUT2D eigenvalue weighted by atomic mass is 16.6. The van der Waals surface area contributed by atoms with Gasteiger partial charge < -0.3 is 25.0 Å². The lowest BCUT2D eigenvalue weighted by atomic mass is 9.62. The van der Waals surface area contributed by atoms with Gasteiger partial charge in [-0.05, 0) is 82.2 Å². The zero-order chi connectivity index (χ0) is 33.8. The molecule has 1 fully saturated rings. The number of carbonyl (C=O) groups is 4. The molecule has 0 spiro atoms. The van der Waals surface area contributed by atoms with Gasteiger partial charge >= 0.3 is 5.97 Å². The van der Waals surface area contributed by atoms with Gasteiger partial charge in [-0.2, -0.15) is 0 Å². The molecule has 5 rings (SSSR count). The van der Waals surface area contributed by atoms with Gasteiger partial charge in [-0.1, -0.05) is 66.7 Å². The summed E-state index contributed by atoms with van der Waals surface area (Å²) in [7, 11) is 1.54. The van der Waals surface area contributed by atoms with Crippen molar-refractivity contribution < 1.29 is 28.7 Å². The predicted octanol–water partition coefficient (Wildman–Crippen LogP) is 5.13. The number of nitrogens with zero attached hydrogens (tertiary/aromatic N) is 1. The summed E-state index contributed by atoms with van der Waals surface area (Å²) < 4.78 is 10.9. The summed E-state index contributed by atoms with van der Waals surface area (Å²) in [5.74, 6) is -0.867. The Hall–Kier alpha value is -4.66. The van der Waals surface area contributed by atoms with Crippen molar-refractivity contribution in [1.82, 2.24) is 15.5 Å². The fourth-order valence-corrected chi connectivity index (χ4v) is 6.82. The van der Waals surface area contributed by atoms with Gasteiger partial charge in [0.1, 0.15) is 17.4 Å². The van der Waals surface area contributed by atoms with E-state index in [0.29, 0.717) is 50.1 Å². The topological polar surface area (TPSA) is 114 Å². The number of nitrogens with one attached hydrogen (secondary N) is 2. The fraction of sp³-hybridized carbons (Fsp3) is 0.421. The lowest BCUT2D eigenvalue weighted by Crippen LogP contribution is -2.54. The first kappa shape index (κ1) is 33.7. The molecular weight excluding hydrogens is 594 g/mol. The second-order valence-electron chi connectivity index (χ2n) is 13.5. The number of fused-ring (bicyclic) bond motifs is 1. The number of rotatable bonds is 8. The Balaban J connectivity index is 1.34. The van der Waals surface area contributed by atoms with Crippen molar-refractivity contribution in [2.75, 3.05) is 20.2 Å². The van der Waals surface area contributed by atoms with E-state index in [1.165, 1.54) is 0 Å². The second kappa shape index (κ2) is 14.0. The SMILES string of the molecule is COc1ccccc1C(=O)NC1CCN(C(=O)[C@H]2CCC(C(=O)N[C@H](C)C(=O)OC(C)(C)C)(c3ccccc3)c3ccccc32)CC1. The van der Waals surface area contributed by atoms with E-state index in [1.54, 1.807) is 53.0 Å². The van der Waals surface area contributed by atoms with Crippen molar-refractivity contribution in [2.24, 2.45) is 0 Å². The van der Waals surface area contributed by atoms with Gasteiger partial charge in [0.05, 0.1) is 24.0 Å². The first-order valence-corrected chi connectivity index (χ1v) is 16.4. The van der Waals surface area contributed by atoms with Gasteiger partial charge in [-0.3, -0.25) is 14.4 Å². The standard InChI is InChI=1S/C38H45N3O6/c1-25(35(44)47-37(2,3)4)39-36(45)38(26-13-7-6-8-14-26)22-19-29(28-15-9-11-17-31(28)38)34(43)41-23-20-27(21-24-41)40-33(42)30-16-10-12-18-32(30)46-5/h6-18,25,27,29H,19-24H2,1-5H3,(H,39,45)(H,40,42)/t25-,29+,38?/m1/s1. The lowest BCUT2D eigenvalue weighted by Gasteiger charge is -2.43. The minimum absolute atomic E-state index is 0.0242. The van der Waals surface area contributed by atoms with Crippen LogP contribution in [0.2, 0.25) is 0 Å². The molecule has 9 nitrogen and oxygen atoms in total. The molecule has 47 heavy (non-hydrogen) atoms. The quantitative estimate of drug-likeness (QED) is 0.331. The van der Waals surface area contributed by atoms with E-state index in [9.17, 15) is 19.2 Å². The molecule has 0 saturated carbocycles. The van der Waals surface area contributed by atoms with Crippen LogP contribution in [0.15, 0.2) is 78.9 Å². The molecule has 1 aliphatic heterocycles. The van der Waals surface area contributed by atoms with Crippen LogP contribution >= 0.6 is 0 Å². The van der Waals surface area contributed by atoms with Crippen LogP contribution in [-0.4, -0.2) is 66.5 Å². The van der Waals surface area contributed by atoms with Crippen LogP contribution in [0.25, 0.3) is 0 Å². The summed E-state index contributed by atoms with van der Waals surface area (Å²) in [5, 5.41) is 6.06. The normalized spacial score (nSPS) is 20.4.